The number of nitrogens with zero attached hydrogens (tertiary/aromatic N) is 1. The smallest absolute Gasteiger partial charge is 0.373 e. The van der Waals surface area contributed by atoms with Crippen LogP contribution in [0.3, 0.4) is 0 Å². The van der Waals surface area contributed by atoms with E-state index in [2.05, 4.69) is 50.4 Å². The number of hydrogen-bond donors (Lipinski definition) is 0. The van der Waals surface area contributed by atoms with Gasteiger partial charge in [-0.1, -0.05) is 46.2 Å². The fourth-order valence-electron chi connectivity index (χ4n) is 3.02. The van der Waals surface area contributed by atoms with E-state index in [1.165, 1.54) is 0 Å². The molecule has 0 aliphatic rings. The summed E-state index contributed by atoms with van der Waals surface area (Å²) in [5.74, 6) is 0. The second-order valence-electron chi connectivity index (χ2n) is 8.06. The molecule has 0 aromatic carbocycles. The molecule has 0 aliphatic carbocycles. The van der Waals surface area contributed by atoms with E-state index in [1.54, 1.807) is 0 Å². The van der Waals surface area contributed by atoms with Crippen molar-refractivity contribution >= 4 is 37.0 Å². The van der Waals surface area contributed by atoms with Gasteiger partial charge in [-0.15, -0.1) is 0 Å². The first-order chi connectivity index (χ1) is 10.9. The summed E-state index contributed by atoms with van der Waals surface area (Å²) >= 11 is 1.95. The fourth-order valence-corrected chi connectivity index (χ4v) is 17.8. The Bertz CT molecular complexity index is 317. The summed E-state index contributed by atoms with van der Waals surface area (Å²) in [6.45, 7) is 26.3. The zero-order chi connectivity index (χ0) is 19.0. The van der Waals surface area contributed by atoms with Gasteiger partial charge in [0.25, 0.3) is 0 Å². The number of thioether (sulfide) groups is 1. The van der Waals surface area contributed by atoms with Crippen molar-refractivity contribution in [2.45, 2.75) is 72.2 Å². The summed E-state index contributed by atoms with van der Waals surface area (Å²) in [6, 6.07) is 0. The van der Waals surface area contributed by atoms with Gasteiger partial charge in [-0.2, -0.15) is 11.8 Å². The highest BCUT2D eigenvalue weighted by atomic mass is 32.2. The van der Waals surface area contributed by atoms with Crippen LogP contribution in [0, 0.1) is 0 Å². The predicted octanol–water partition coefficient (Wildman–Crippen LogP) is 4.67. The van der Waals surface area contributed by atoms with Gasteiger partial charge >= 0.3 is 8.80 Å². The maximum atomic E-state index is 5.98. The van der Waals surface area contributed by atoms with Gasteiger partial charge in [0, 0.05) is 25.1 Å². The van der Waals surface area contributed by atoms with Crippen molar-refractivity contribution in [3.05, 3.63) is 0 Å². The van der Waals surface area contributed by atoms with Gasteiger partial charge in [0.2, 0.25) is 0 Å². The molecular weight excluding hydrogens is 371 g/mol. The predicted molar refractivity (Wildman–Crippen MR) is 116 cm³/mol. The summed E-state index contributed by atoms with van der Waals surface area (Å²) in [5, 5.41) is 1.39. The first-order valence-corrected chi connectivity index (χ1v) is 19.1. The zero-order valence-electron chi connectivity index (χ0n) is 17.7. The fraction of sp³-hybridized carbons (Fsp3) is 1.00. The van der Waals surface area contributed by atoms with Crippen LogP contribution in [0.5, 0.6) is 0 Å². The van der Waals surface area contributed by atoms with Crippen molar-refractivity contribution in [1.29, 1.82) is 0 Å². The molecule has 0 rings (SSSR count). The molecule has 0 aromatic rings. The van der Waals surface area contributed by atoms with Crippen molar-refractivity contribution < 1.29 is 13.3 Å². The Morgan fingerprint density at radius 2 is 1.17 bits per heavy atom. The Morgan fingerprint density at radius 1 is 0.792 bits per heavy atom. The molecule has 0 saturated carbocycles. The van der Waals surface area contributed by atoms with Crippen LogP contribution in [0.2, 0.25) is 39.3 Å². The zero-order valence-corrected chi connectivity index (χ0v) is 21.5. The molecule has 1 atom stereocenters. The van der Waals surface area contributed by atoms with E-state index in [0.29, 0.717) is 25.1 Å². The van der Waals surface area contributed by atoms with Crippen LogP contribution >= 0.6 is 11.8 Å². The molecule has 0 amide bonds. The monoisotopic (exact) mass is 411 g/mol. The highest BCUT2D eigenvalue weighted by Crippen LogP contribution is 2.26. The highest BCUT2D eigenvalue weighted by Gasteiger charge is 2.42. The Kier molecular flexibility index (Phi) is 11.2. The van der Waals surface area contributed by atoms with E-state index in [4.69, 9.17) is 13.3 Å². The van der Waals surface area contributed by atoms with E-state index in [9.17, 15) is 0 Å². The van der Waals surface area contributed by atoms with E-state index in [0.717, 1.165) is 11.9 Å². The van der Waals surface area contributed by atoms with E-state index < -0.39 is 25.3 Å². The molecule has 0 spiro atoms. The lowest BCUT2D eigenvalue weighted by Crippen LogP contribution is -2.60. The van der Waals surface area contributed by atoms with Gasteiger partial charge in [-0.05, 0) is 27.3 Å². The van der Waals surface area contributed by atoms with Gasteiger partial charge in [-0.25, -0.2) is 0 Å². The van der Waals surface area contributed by atoms with Gasteiger partial charge in [0.1, 0.15) is 16.5 Å². The minimum absolute atomic E-state index is 0.552. The van der Waals surface area contributed by atoms with Crippen molar-refractivity contribution in [2.75, 3.05) is 31.7 Å². The molecule has 0 saturated heterocycles. The van der Waals surface area contributed by atoms with E-state index >= 15 is 0 Å². The van der Waals surface area contributed by atoms with Gasteiger partial charge in [0.05, 0.1) is 5.38 Å². The number of rotatable bonds is 13. The number of hydrogen-bond acceptors (Lipinski definition) is 5. The van der Waals surface area contributed by atoms with Crippen LogP contribution < -0.4 is 0 Å². The molecule has 0 aromatic heterocycles. The third kappa shape index (κ3) is 8.98. The summed E-state index contributed by atoms with van der Waals surface area (Å²) in [7, 11) is -5.15. The van der Waals surface area contributed by atoms with Crippen molar-refractivity contribution in [3.8, 4) is 0 Å². The van der Waals surface area contributed by atoms with Crippen molar-refractivity contribution in [3.63, 3.8) is 0 Å². The molecule has 0 radical (unpaired) electrons. The lowest BCUT2D eigenvalue weighted by atomic mass is 10.5. The second-order valence-corrected chi connectivity index (χ2v) is 22.8. The standard InChI is InChI=1S/C16H41NO3SSi3/c1-11-18-24(19-12-2,20-13-3)15-21-16(4)14-17(22(5,6)7)23(8,9)10/h16H,11-15H2,1-10H3. The van der Waals surface area contributed by atoms with Crippen LogP contribution in [-0.2, 0) is 13.3 Å². The van der Waals surface area contributed by atoms with Gasteiger partial charge < -0.3 is 17.5 Å². The van der Waals surface area contributed by atoms with Crippen LogP contribution in [0.25, 0.3) is 0 Å². The largest absolute Gasteiger partial charge is 0.511 e. The molecule has 24 heavy (non-hydrogen) atoms. The molecule has 146 valence electrons. The first kappa shape index (κ1) is 24.8. The molecular formula is C16H41NO3SSi3. The third-order valence-electron chi connectivity index (χ3n) is 3.70. The lowest BCUT2D eigenvalue weighted by molar-refractivity contribution is 0.0773. The van der Waals surface area contributed by atoms with Gasteiger partial charge in [-0.3, -0.25) is 0 Å². The quantitative estimate of drug-likeness (QED) is 0.411. The first-order valence-electron chi connectivity index (χ1n) is 9.23. The molecule has 0 aliphatic heterocycles. The Hall–Kier alpha value is 0.841. The highest BCUT2D eigenvalue weighted by molar-refractivity contribution is 8.01. The van der Waals surface area contributed by atoms with Gasteiger partial charge in [0.15, 0.2) is 0 Å². The molecule has 0 fully saturated rings. The molecule has 4 nitrogen and oxygen atoms in total. The second kappa shape index (κ2) is 10.9. The van der Waals surface area contributed by atoms with Crippen LogP contribution in [0.1, 0.15) is 27.7 Å². The summed E-state index contributed by atoms with van der Waals surface area (Å²) < 4.78 is 20.8. The third-order valence-corrected chi connectivity index (χ3v) is 16.3. The van der Waals surface area contributed by atoms with E-state index in [-0.39, 0.29) is 0 Å². The summed E-state index contributed by atoms with van der Waals surface area (Å²) in [4.78, 5) is 0. The molecule has 0 N–H and O–H groups in total. The van der Waals surface area contributed by atoms with Crippen LogP contribution in [0.15, 0.2) is 0 Å². The SMILES string of the molecule is CCO[Si](CSC(C)CN([Si](C)(C)C)[Si](C)(C)C)(OCC)OCC. The Morgan fingerprint density at radius 3 is 1.46 bits per heavy atom. The average Bonchev–Trinajstić information content (AvgIpc) is 2.41. The Labute approximate surface area is 158 Å². The van der Waals surface area contributed by atoms with Crippen LogP contribution in [-0.4, -0.2) is 66.5 Å². The molecule has 0 bridgehead atoms. The van der Waals surface area contributed by atoms with E-state index in [1.807, 2.05) is 32.5 Å². The maximum absolute atomic E-state index is 5.98. The maximum Gasteiger partial charge on any atom is 0.511 e. The minimum Gasteiger partial charge on any atom is -0.373 e. The molecule has 1 unspecified atom stereocenters. The average molecular weight is 412 g/mol. The minimum atomic E-state index is -2.53. The normalized spacial score (nSPS) is 15.1. The summed E-state index contributed by atoms with van der Waals surface area (Å²) in [6.07, 6.45) is 0. The van der Waals surface area contributed by atoms with Crippen LogP contribution in [0.4, 0.5) is 0 Å². The summed E-state index contributed by atoms with van der Waals surface area (Å²) in [5.41, 5.74) is 0. The van der Waals surface area contributed by atoms with Crippen molar-refractivity contribution in [2.24, 2.45) is 0 Å². The Balaban J connectivity index is 4.91. The topological polar surface area (TPSA) is 30.9 Å². The van der Waals surface area contributed by atoms with Crippen molar-refractivity contribution in [1.82, 2.24) is 4.23 Å². The molecule has 0 heterocycles. The molecule has 8 heteroatoms. The lowest BCUT2D eigenvalue weighted by Gasteiger charge is -2.45.